The monoisotopic (exact) mass is 369 g/mol. The molecule has 0 amide bonds. The third kappa shape index (κ3) is 4.27. The van der Waals surface area contributed by atoms with Gasteiger partial charge < -0.3 is 25.0 Å². The van der Waals surface area contributed by atoms with Crippen LogP contribution in [0.2, 0.25) is 0 Å². The number of nitrogens with zero attached hydrogens (tertiary/aromatic N) is 2. The summed E-state index contributed by atoms with van der Waals surface area (Å²) < 4.78 is 10.7. The number of hydrogen-bond acceptors (Lipinski definition) is 6. The SMILES string of the molecule is COc1ccccc1N1CCN(c2ccc(C(=O)OC(C)C)cc2N)CC1. The Morgan fingerprint density at radius 3 is 2.22 bits per heavy atom. The van der Waals surface area contributed by atoms with Gasteiger partial charge in [-0.25, -0.2) is 4.79 Å². The maximum atomic E-state index is 12.0. The van der Waals surface area contributed by atoms with Crippen LogP contribution in [0.3, 0.4) is 0 Å². The minimum absolute atomic E-state index is 0.151. The number of anilines is 3. The van der Waals surface area contributed by atoms with Gasteiger partial charge in [-0.2, -0.15) is 0 Å². The second-order valence-corrected chi connectivity index (χ2v) is 6.87. The normalized spacial score (nSPS) is 14.4. The van der Waals surface area contributed by atoms with Gasteiger partial charge in [0.15, 0.2) is 0 Å². The molecule has 1 fully saturated rings. The van der Waals surface area contributed by atoms with E-state index in [1.165, 1.54) is 0 Å². The average Bonchev–Trinajstić information content (AvgIpc) is 2.67. The number of benzene rings is 2. The van der Waals surface area contributed by atoms with Crippen molar-refractivity contribution in [1.82, 2.24) is 0 Å². The van der Waals surface area contributed by atoms with Crippen LogP contribution in [0, 0.1) is 0 Å². The topological polar surface area (TPSA) is 68.0 Å². The van der Waals surface area contributed by atoms with Gasteiger partial charge in [0.1, 0.15) is 5.75 Å². The highest BCUT2D eigenvalue weighted by Gasteiger charge is 2.21. The van der Waals surface area contributed by atoms with Gasteiger partial charge in [-0.15, -0.1) is 0 Å². The van der Waals surface area contributed by atoms with Crippen molar-refractivity contribution in [2.75, 3.05) is 48.8 Å². The number of carbonyl (C=O) groups is 1. The lowest BCUT2D eigenvalue weighted by molar-refractivity contribution is 0.0378. The van der Waals surface area contributed by atoms with Crippen molar-refractivity contribution < 1.29 is 14.3 Å². The summed E-state index contributed by atoms with van der Waals surface area (Å²) in [5.41, 5.74) is 9.37. The molecule has 1 aliphatic heterocycles. The summed E-state index contributed by atoms with van der Waals surface area (Å²) >= 11 is 0. The average molecular weight is 369 g/mol. The number of esters is 1. The first kappa shape index (κ1) is 18.9. The first-order valence-electron chi connectivity index (χ1n) is 9.23. The molecule has 0 radical (unpaired) electrons. The van der Waals surface area contributed by atoms with Crippen LogP contribution in [0.25, 0.3) is 0 Å². The van der Waals surface area contributed by atoms with Crippen LogP contribution in [0.4, 0.5) is 17.1 Å². The Morgan fingerprint density at radius 2 is 1.63 bits per heavy atom. The Bertz CT molecular complexity index is 799. The van der Waals surface area contributed by atoms with E-state index in [-0.39, 0.29) is 12.1 Å². The number of carbonyl (C=O) groups excluding carboxylic acids is 1. The minimum Gasteiger partial charge on any atom is -0.495 e. The fraction of sp³-hybridized carbons (Fsp3) is 0.381. The first-order chi connectivity index (χ1) is 13.0. The van der Waals surface area contributed by atoms with Crippen molar-refractivity contribution in [2.24, 2.45) is 0 Å². The van der Waals surface area contributed by atoms with E-state index in [0.717, 1.165) is 43.3 Å². The zero-order valence-corrected chi connectivity index (χ0v) is 16.1. The number of methoxy groups -OCH3 is 1. The lowest BCUT2D eigenvalue weighted by Crippen LogP contribution is -2.46. The maximum absolute atomic E-state index is 12.0. The highest BCUT2D eigenvalue weighted by atomic mass is 16.5. The summed E-state index contributed by atoms with van der Waals surface area (Å²) in [4.78, 5) is 16.6. The van der Waals surface area contributed by atoms with Crippen LogP contribution in [-0.2, 0) is 4.74 Å². The zero-order valence-electron chi connectivity index (χ0n) is 16.1. The van der Waals surface area contributed by atoms with Gasteiger partial charge >= 0.3 is 5.97 Å². The van der Waals surface area contributed by atoms with Gasteiger partial charge in [0.2, 0.25) is 0 Å². The van der Waals surface area contributed by atoms with E-state index in [1.54, 1.807) is 19.2 Å². The lowest BCUT2D eigenvalue weighted by Gasteiger charge is -2.38. The summed E-state index contributed by atoms with van der Waals surface area (Å²) in [6, 6.07) is 13.5. The number of ether oxygens (including phenoxy) is 2. The van der Waals surface area contributed by atoms with Crippen LogP contribution in [0.1, 0.15) is 24.2 Å². The van der Waals surface area contributed by atoms with Crippen LogP contribution >= 0.6 is 0 Å². The Hall–Kier alpha value is -2.89. The first-order valence-corrected chi connectivity index (χ1v) is 9.23. The predicted octanol–water partition coefficient (Wildman–Crippen LogP) is 3.17. The number of para-hydroxylation sites is 2. The molecule has 0 aromatic heterocycles. The molecule has 2 N–H and O–H groups in total. The Morgan fingerprint density at radius 1 is 1.00 bits per heavy atom. The Balaban J connectivity index is 1.68. The second kappa shape index (κ2) is 8.20. The van der Waals surface area contributed by atoms with Gasteiger partial charge in [0.05, 0.1) is 35.8 Å². The van der Waals surface area contributed by atoms with Gasteiger partial charge in [-0.3, -0.25) is 0 Å². The van der Waals surface area contributed by atoms with E-state index in [2.05, 4.69) is 15.9 Å². The molecule has 0 aliphatic carbocycles. The number of nitrogen functional groups attached to an aromatic ring is 1. The molecule has 0 atom stereocenters. The molecule has 6 nitrogen and oxygen atoms in total. The molecule has 27 heavy (non-hydrogen) atoms. The molecule has 3 rings (SSSR count). The Kier molecular flexibility index (Phi) is 5.74. The third-order valence-electron chi connectivity index (χ3n) is 4.65. The number of piperazine rings is 1. The number of rotatable bonds is 5. The van der Waals surface area contributed by atoms with Crippen molar-refractivity contribution in [3.05, 3.63) is 48.0 Å². The highest BCUT2D eigenvalue weighted by molar-refractivity contribution is 5.92. The zero-order chi connectivity index (χ0) is 19.4. The number of hydrogen-bond donors (Lipinski definition) is 1. The molecule has 1 heterocycles. The maximum Gasteiger partial charge on any atom is 0.338 e. The molecule has 6 heteroatoms. The summed E-state index contributed by atoms with van der Waals surface area (Å²) in [7, 11) is 1.70. The summed E-state index contributed by atoms with van der Waals surface area (Å²) in [5, 5.41) is 0. The van der Waals surface area contributed by atoms with Crippen LogP contribution in [0.5, 0.6) is 5.75 Å². The van der Waals surface area contributed by atoms with Crippen molar-refractivity contribution in [3.63, 3.8) is 0 Å². The fourth-order valence-corrected chi connectivity index (χ4v) is 3.33. The molecule has 144 valence electrons. The summed E-state index contributed by atoms with van der Waals surface area (Å²) in [6.45, 7) is 7.09. The molecule has 0 unspecified atom stereocenters. The standard InChI is InChI=1S/C21H27N3O3/c1-15(2)27-21(25)16-8-9-18(17(22)14-16)23-10-12-24(13-11-23)19-6-4-5-7-20(19)26-3/h4-9,14-15H,10-13,22H2,1-3H3. The quantitative estimate of drug-likeness (QED) is 0.645. The van der Waals surface area contributed by atoms with E-state index in [0.29, 0.717) is 11.3 Å². The molecule has 0 bridgehead atoms. The predicted molar refractivity (Wildman–Crippen MR) is 109 cm³/mol. The third-order valence-corrected chi connectivity index (χ3v) is 4.65. The van der Waals surface area contributed by atoms with Gasteiger partial charge in [0.25, 0.3) is 0 Å². The lowest BCUT2D eigenvalue weighted by atomic mass is 10.1. The minimum atomic E-state index is -0.343. The Labute approximate surface area is 160 Å². The van der Waals surface area contributed by atoms with Crippen molar-refractivity contribution >= 4 is 23.0 Å². The molecule has 2 aromatic rings. The van der Waals surface area contributed by atoms with Crippen molar-refractivity contribution in [1.29, 1.82) is 0 Å². The molecular formula is C21H27N3O3. The van der Waals surface area contributed by atoms with Crippen LogP contribution in [0.15, 0.2) is 42.5 Å². The van der Waals surface area contributed by atoms with E-state index >= 15 is 0 Å². The largest absolute Gasteiger partial charge is 0.495 e. The molecule has 0 spiro atoms. The molecule has 1 saturated heterocycles. The van der Waals surface area contributed by atoms with Gasteiger partial charge in [-0.05, 0) is 44.2 Å². The summed E-state index contributed by atoms with van der Waals surface area (Å²) in [5.74, 6) is 0.544. The van der Waals surface area contributed by atoms with E-state index < -0.39 is 0 Å². The molecular weight excluding hydrogens is 342 g/mol. The smallest absolute Gasteiger partial charge is 0.338 e. The fourth-order valence-electron chi connectivity index (χ4n) is 3.33. The molecule has 0 saturated carbocycles. The van der Waals surface area contributed by atoms with Gasteiger partial charge in [-0.1, -0.05) is 12.1 Å². The summed E-state index contributed by atoms with van der Waals surface area (Å²) in [6.07, 6.45) is -0.151. The van der Waals surface area contributed by atoms with Crippen LogP contribution in [-0.4, -0.2) is 45.4 Å². The van der Waals surface area contributed by atoms with E-state index in [9.17, 15) is 4.79 Å². The number of nitrogens with two attached hydrogens (primary N) is 1. The van der Waals surface area contributed by atoms with E-state index in [1.807, 2.05) is 38.1 Å². The second-order valence-electron chi connectivity index (χ2n) is 6.87. The van der Waals surface area contributed by atoms with Gasteiger partial charge in [0, 0.05) is 26.2 Å². The molecule has 2 aromatic carbocycles. The molecule has 1 aliphatic rings. The van der Waals surface area contributed by atoms with Crippen LogP contribution < -0.4 is 20.3 Å². The van der Waals surface area contributed by atoms with Crippen molar-refractivity contribution in [3.8, 4) is 5.75 Å². The van der Waals surface area contributed by atoms with Crippen molar-refractivity contribution in [2.45, 2.75) is 20.0 Å². The highest BCUT2D eigenvalue weighted by Crippen LogP contribution is 2.31. The van der Waals surface area contributed by atoms with E-state index in [4.69, 9.17) is 15.2 Å².